The molecule has 4 nitrogen and oxygen atoms in total. The lowest BCUT2D eigenvalue weighted by Gasteiger charge is -2.32. The van der Waals surface area contributed by atoms with Crippen molar-refractivity contribution < 1.29 is 10.3 Å². The first-order chi connectivity index (χ1) is 6.67. The monoisotopic (exact) mass is 200 g/mol. The van der Waals surface area contributed by atoms with Crippen LogP contribution in [0.3, 0.4) is 0 Å². The van der Waals surface area contributed by atoms with Gasteiger partial charge in [-0.1, -0.05) is 19.0 Å². The molecular formula is C10H20N2O2. The van der Waals surface area contributed by atoms with Crippen LogP contribution in [0.4, 0.5) is 0 Å². The maximum absolute atomic E-state index is 8.94. The molecule has 14 heavy (non-hydrogen) atoms. The second-order valence-electron chi connectivity index (χ2n) is 4.29. The Bertz CT molecular complexity index is 206. The van der Waals surface area contributed by atoms with E-state index in [1.165, 1.54) is 0 Å². The van der Waals surface area contributed by atoms with Gasteiger partial charge in [-0.2, -0.15) is 0 Å². The average Bonchev–Trinajstić information content (AvgIpc) is 2.18. The molecule has 0 aromatic rings. The zero-order chi connectivity index (χ0) is 10.6. The fraction of sp³-hybridized carbons (Fsp3) is 0.900. The maximum atomic E-state index is 8.94. The van der Waals surface area contributed by atoms with Gasteiger partial charge in [0.2, 0.25) is 0 Å². The standard InChI is InChI=1S/C10H20N2O2/c1-8(7-13)5-12-4-3-10(11-14)9(2)6-12/h8-9,13-14H,3-7H2,1-2H3. The highest BCUT2D eigenvalue weighted by molar-refractivity contribution is 5.86. The number of likely N-dealkylation sites (tertiary alicyclic amines) is 1. The van der Waals surface area contributed by atoms with E-state index >= 15 is 0 Å². The van der Waals surface area contributed by atoms with Crippen molar-refractivity contribution in [3.05, 3.63) is 0 Å². The van der Waals surface area contributed by atoms with Gasteiger partial charge in [-0.25, -0.2) is 0 Å². The Hall–Kier alpha value is -0.610. The fourth-order valence-corrected chi connectivity index (χ4v) is 1.92. The van der Waals surface area contributed by atoms with E-state index in [0.717, 1.165) is 31.8 Å². The van der Waals surface area contributed by atoms with E-state index in [1.807, 2.05) is 6.92 Å². The number of aliphatic hydroxyl groups excluding tert-OH is 1. The summed E-state index contributed by atoms with van der Waals surface area (Å²) in [5.41, 5.74) is 0.901. The molecule has 82 valence electrons. The number of oxime groups is 1. The molecule has 0 aromatic carbocycles. The van der Waals surface area contributed by atoms with Gasteiger partial charge in [0, 0.05) is 38.6 Å². The Morgan fingerprint density at radius 1 is 1.64 bits per heavy atom. The molecule has 0 aromatic heterocycles. The third-order valence-electron chi connectivity index (χ3n) is 2.80. The zero-order valence-electron chi connectivity index (χ0n) is 8.98. The van der Waals surface area contributed by atoms with Crippen molar-refractivity contribution in [2.24, 2.45) is 17.0 Å². The highest BCUT2D eigenvalue weighted by Gasteiger charge is 2.23. The molecule has 0 spiro atoms. The lowest BCUT2D eigenvalue weighted by molar-refractivity contribution is 0.160. The summed E-state index contributed by atoms with van der Waals surface area (Å²) in [6, 6.07) is 0. The summed E-state index contributed by atoms with van der Waals surface area (Å²) in [5.74, 6) is 0.662. The van der Waals surface area contributed by atoms with Crippen LogP contribution in [0.1, 0.15) is 20.3 Å². The fourth-order valence-electron chi connectivity index (χ4n) is 1.92. The summed E-state index contributed by atoms with van der Waals surface area (Å²) in [5, 5.41) is 20.9. The van der Waals surface area contributed by atoms with Crippen molar-refractivity contribution in [1.29, 1.82) is 0 Å². The summed E-state index contributed by atoms with van der Waals surface area (Å²) in [6.07, 6.45) is 0.843. The van der Waals surface area contributed by atoms with E-state index in [0.29, 0.717) is 11.8 Å². The van der Waals surface area contributed by atoms with Crippen LogP contribution in [-0.2, 0) is 0 Å². The Morgan fingerprint density at radius 2 is 2.36 bits per heavy atom. The molecule has 0 amide bonds. The Balaban J connectivity index is 2.39. The zero-order valence-corrected chi connectivity index (χ0v) is 8.98. The maximum Gasteiger partial charge on any atom is 0.0624 e. The molecule has 2 N–H and O–H groups in total. The minimum atomic E-state index is 0.242. The van der Waals surface area contributed by atoms with Crippen LogP contribution in [0.5, 0.6) is 0 Å². The Kier molecular flexibility index (Phi) is 4.35. The number of nitrogens with zero attached hydrogens (tertiary/aromatic N) is 2. The highest BCUT2D eigenvalue weighted by Crippen LogP contribution is 2.14. The predicted octanol–water partition coefficient (Wildman–Crippen LogP) is 0.787. The van der Waals surface area contributed by atoms with E-state index < -0.39 is 0 Å². The molecule has 2 unspecified atom stereocenters. The van der Waals surface area contributed by atoms with Gasteiger partial charge in [0.25, 0.3) is 0 Å². The van der Waals surface area contributed by atoms with Gasteiger partial charge >= 0.3 is 0 Å². The van der Waals surface area contributed by atoms with Gasteiger partial charge < -0.3 is 15.2 Å². The first-order valence-electron chi connectivity index (χ1n) is 5.21. The molecule has 1 aliphatic heterocycles. The van der Waals surface area contributed by atoms with Crippen LogP contribution in [0.15, 0.2) is 5.16 Å². The van der Waals surface area contributed by atoms with Crippen LogP contribution >= 0.6 is 0 Å². The Morgan fingerprint density at radius 3 is 2.86 bits per heavy atom. The van der Waals surface area contributed by atoms with Crippen molar-refractivity contribution in [2.75, 3.05) is 26.2 Å². The summed E-state index contributed by atoms with van der Waals surface area (Å²) in [4.78, 5) is 2.32. The number of rotatable bonds is 3. The van der Waals surface area contributed by atoms with Gasteiger partial charge in [0.05, 0.1) is 5.71 Å². The molecule has 1 heterocycles. The second-order valence-corrected chi connectivity index (χ2v) is 4.29. The predicted molar refractivity (Wildman–Crippen MR) is 55.7 cm³/mol. The van der Waals surface area contributed by atoms with Crippen molar-refractivity contribution in [2.45, 2.75) is 20.3 Å². The average molecular weight is 200 g/mol. The van der Waals surface area contributed by atoms with Crippen LogP contribution in [-0.4, -0.2) is 47.2 Å². The quantitative estimate of drug-likeness (QED) is 0.523. The molecule has 4 heteroatoms. The molecule has 2 atom stereocenters. The van der Waals surface area contributed by atoms with E-state index in [9.17, 15) is 0 Å². The Labute approximate surface area is 85.2 Å². The van der Waals surface area contributed by atoms with Crippen LogP contribution < -0.4 is 0 Å². The molecule has 0 aliphatic carbocycles. The number of hydrogen-bond donors (Lipinski definition) is 2. The van der Waals surface area contributed by atoms with Gasteiger partial charge in [-0.15, -0.1) is 0 Å². The van der Waals surface area contributed by atoms with Crippen LogP contribution in [0, 0.1) is 11.8 Å². The molecule has 1 saturated heterocycles. The lowest BCUT2D eigenvalue weighted by atomic mass is 9.97. The molecule has 1 rings (SSSR count). The smallest absolute Gasteiger partial charge is 0.0624 e. The molecule has 1 aliphatic rings. The van der Waals surface area contributed by atoms with Gasteiger partial charge in [-0.05, 0) is 5.92 Å². The van der Waals surface area contributed by atoms with E-state index in [2.05, 4.69) is 17.0 Å². The number of aliphatic hydroxyl groups is 1. The summed E-state index contributed by atoms with van der Waals surface area (Å²) in [7, 11) is 0. The number of hydrogen-bond acceptors (Lipinski definition) is 4. The van der Waals surface area contributed by atoms with Crippen LogP contribution in [0.25, 0.3) is 0 Å². The van der Waals surface area contributed by atoms with Crippen molar-refractivity contribution in [1.82, 2.24) is 4.90 Å². The largest absolute Gasteiger partial charge is 0.411 e. The molecular weight excluding hydrogens is 180 g/mol. The second kappa shape index (κ2) is 5.32. The van der Waals surface area contributed by atoms with Gasteiger partial charge in [0.15, 0.2) is 0 Å². The summed E-state index contributed by atoms with van der Waals surface area (Å²) in [6.45, 7) is 7.16. The minimum Gasteiger partial charge on any atom is -0.411 e. The van der Waals surface area contributed by atoms with Gasteiger partial charge in [0.1, 0.15) is 0 Å². The first-order valence-corrected chi connectivity index (χ1v) is 5.21. The first kappa shape index (κ1) is 11.5. The highest BCUT2D eigenvalue weighted by atomic mass is 16.4. The summed E-state index contributed by atoms with van der Waals surface area (Å²) >= 11 is 0. The molecule has 0 radical (unpaired) electrons. The SMILES string of the molecule is CC(CO)CN1CCC(=NO)C(C)C1. The summed E-state index contributed by atoms with van der Waals surface area (Å²) < 4.78 is 0. The molecule has 0 bridgehead atoms. The van der Waals surface area contributed by atoms with Crippen molar-refractivity contribution >= 4 is 5.71 Å². The van der Waals surface area contributed by atoms with Crippen molar-refractivity contribution in [3.63, 3.8) is 0 Å². The van der Waals surface area contributed by atoms with Gasteiger partial charge in [-0.3, -0.25) is 0 Å². The minimum absolute atomic E-state index is 0.242. The number of piperidine rings is 1. The third-order valence-corrected chi connectivity index (χ3v) is 2.80. The topological polar surface area (TPSA) is 56.1 Å². The molecule has 0 saturated carbocycles. The van der Waals surface area contributed by atoms with Crippen LogP contribution in [0.2, 0.25) is 0 Å². The molecule has 1 fully saturated rings. The third kappa shape index (κ3) is 2.96. The van der Waals surface area contributed by atoms with E-state index in [1.54, 1.807) is 0 Å². The van der Waals surface area contributed by atoms with E-state index in [-0.39, 0.29) is 6.61 Å². The lowest BCUT2D eigenvalue weighted by Crippen LogP contribution is -2.42. The van der Waals surface area contributed by atoms with Crippen molar-refractivity contribution in [3.8, 4) is 0 Å². The van der Waals surface area contributed by atoms with E-state index in [4.69, 9.17) is 10.3 Å². The normalized spacial score (nSPS) is 29.4.